The zero-order valence-electron chi connectivity index (χ0n) is 7.32. The first-order valence-electron chi connectivity index (χ1n) is 4.16. The molecular weight excluding hydrogens is 308 g/mol. The highest BCUT2D eigenvalue weighted by atomic mass is 127. The van der Waals surface area contributed by atoms with Gasteiger partial charge >= 0.3 is 21.2 Å². The van der Waals surface area contributed by atoms with Crippen molar-refractivity contribution in [1.82, 2.24) is 4.98 Å². The van der Waals surface area contributed by atoms with Crippen LogP contribution in [0.2, 0.25) is 5.15 Å². The minimum Gasteiger partial charge on any atom is -0.240 e. The first-order valence-corrected chi connectivity index (χ1v) is 6.69. The van der Waals surface area contributed by atoms with Gasteiger partial charge in [-0.3, -0.25) is 0 Å². The van der Waals surface area contributed by atoms with Gasteiger partial charge < -0.3 is 0 Å². The summed E-state index contributed by atoms with van der Waals surface area (Å²) >= 11 is 5.61. The summed E-state index contributed by atoms with van der Waals surface area (Å²) in [7, 11) is 0. The van der Waals surface area contributed by atoms with Crippen molar-refractivity contribution < 1.29 is 21.2 Å². The lowest BCUT2D eigenvalue weighted by atomic mass is 10.4. The Morgan fingerprint density at radius 1 is 0.929 bits per heavy atom. The molecule has 70 valence electrons. The topological polar surface area (TPSA) is 12.9 Å². The van der Waals surface area contributed by atoms with Gasteiger partial charge in [-0.05, 0) is 24.3 Å². The SMILES string of the molecule is Clc1ccc([I+]c2ccccc2)cn1. The molecule has 14 heavy (non-hydrogen) atoms. The summed E-state index contributed by atoms with van der Waals surface area (Å²) in [5.74, 6) is 0. The predicted molar refractivity (Wildman–Crippen MR) is 53.1 cm³/mol. The second-order valence-electron chi connectivity index (χ2n) is 2.69. The fourth-order valence-electron chi connectivity index (χ4n) is 1.02. The predicted octanol–water partition coefficient (Wildman–Crippen LogP) is -0.137. The number of halogens is 2. The van der Waals surface area contributed by atoms with E-state index in [1.807, 2.05) is 18.3 Å². The highest BCUT2D eigenvalue weighted by molar-refractivity contribution is 6.29. The number of rotatable bonds is 2. The third-order valence-corrected chi connectivity index (χ3v) is 4.47. The van der Waals surface area contributed by atoms with Crippen LogP contribution in [0.25, 0.3) is 0 Å². The molecule has 2 rings (SSSR count). The van der Waals surface area contributed by atoms with Gasteiger partial charge in [0.05, 0.1) is 6.20 Å². The number of hydrogen-bond acceptors (Lipinski definition) is 1. The molecule has 1 nitrogen and oxygen atoms in total. The maximum atomic E-state index is 5.72. The van der Waals surface area contributed by atoms with E-state index in [-0.39, 0.29) is 21.2 Å². The molecule has 0 radical (unpaired) electrons. The van der Waals surface area contributed by atoms with E-state index in [0.717, 1.165) is 0 Å². The van der Waals surface area contributed by atoms with Crippen LogP contribution in [0.5, 0.6) is 0 Å². The highest BCUT2D eigenvalue weighted by Crippen LogP contribution is 1.98. The smallest absolute Gasteiger partial charge is 0.240 e. The Balaban J connectivity index is 2.16. The fraction of sp³-hybridized carbons (Fsp3) is 0. The van der Waals surface area contributed by atoms with Crippen molar-refractivity contribution in [3.63, 3.8) is 0 Å². The fourth-order valence-corrected chi connectivity index (χ4v) is 3.26. The highest BCUT2D eigenvalue weighted by Gasteiger charge is 2.14. The second kappa shape index (κ2) is 4.75. The number of pyridine rings is 1. The molecule has 0 N–H and O–H groups in total. The minimum absolute atomic E-state index is 0.105. The Hall–Kier alpha value is -0.610. The maximum Gasteiger partial charge on any atom is 0.359 e. The van der Waals surface area contributed by atoms with Crippen LogP contribution in [0.15, 0.2) is 48.7 Å². The van der Waals surface area contributed by atoms with E-state index in [1.54, 1.807) is 0 Å². The number of hydrogen-bond donors (Lipinski definition) is 0. The first kappa shape index (κ1) is 9.93. The summed E-state index contributed by atoms with van der Waals surface area (Å²) in [6, 6.07) is 14.4. The molecule has 2 aromatic rings. The summed E-state index contributed by atoms with van der Waals surface area (Å²) in [4.78, 5) is 4.07. The lowest BCUT2D eigenvalue weighted by molar-refractivity contribution is -0.597. The van der Waals surface area contributed by atoms with Gasteiger partial charge in [0.2, 0.25) is 3.57 Å². The van der Waals surface area contributed by atoms with E-state index < -0.39 is 0 Å². The molecule has 0 bridgehead atoms. The first-order chi connectivity index (χ1) is 6.84. The minimum atomic E-state index is -0.105. The van der Waals surface area contributed by atoms with Crippen LogP contribution in [-0.4, -0.2) is 4.98 Å². The van der Waals surface area contributed by atoms with Crippen LogP contribution < -0.4 is 21.2 Å². The molecule has 0 fully saturated rings. The summed E-state index contributed by atoms with van der Waals surface area (Å²) in [5.41, 5.74) is 0. The van der Waals surface area contributed by atoms with E-state index in [9.17, 15) is 0 Å². The Kier molecular flexibility index (Phi) is 3.37. The van der Waals surface area contributed by atoms with E-state index >= 15 is 0 Å². The summed E-state index contributed by atoms with van der Waals surface area (Å²) in [6.07, 6.45) is 1.86. The zero-order valence-corrected chi connectivity index (χ0v) is 10.2. The van der Waals surface area contributed by atoms with Crippen molar-refractivity contribution in [2.75, 3.05) is 0 Å². The van der Waals surface area contributed by atoms with Crippen molar-refractivity contribution in [1.29, 1.82) is 0 Å². The number of aromatic nitrogens is 1. The number of benzene rings is 1. The Morgan fingerprint density at radius 3 is 2.36 bits per heavy atom. The molecule has 0 aliphatic rings. The Morgan fingerprint density at radius 2 is 1.71 bits per heavy atom. The van der Waals surface area contributed by atoms with E-state index in [4.69, 9.17) is 11.6 Å². The van der Waals surface area contributed by atoms with E-state index in [0.29, 0.717) is 5.15 Å². The van der Waals surface area contributed by atoms with Crippen LogP contribution in [-0.2, 0) is 0 Å². The third kappa shape index (κ3) is 2.69. The molecule has 1 aromatic carbocycles. The van der Waals surface area contributed by atoms with Gasteiger partial charge in [-0.2, -0.15) is 0 Å². The summed E-state index contributed by atoms with van der Waals surface area (Å²) in [6.45, 7) is 0. The van der Waals surface area contributed by atoms with Gasteiger partial charge in [0.25, 0.3) is 0 Å². The van der Waals surface area contributed by atoms with Crippen molar-refractivity contribution in [3.05, 3.63) is 61.0 Å². The third-order valence-electron chi connectivity index (χ3n) is 1.64. The van der Waals surface area contributed by atoms with Gasteiger partial charge in [-0.1, -0.05) is 29.8 Å². The average Bonchev–Trinajstić information content (AvgIpc) is 2.23. The molecule has 0 amide bonds. The molecule has 3 heteroatoms. The van der Waals surface area contributed by atoms with Gasteiger partial charge in [0, 0.05) is 0 Å². The molecule has 0 saturated carbocycles. The van der Waals surface area contributed by atoms with Crippen molar-refractivity contribution in [2.45, 2.75) is 0 Å². The molecular formula is C11H8ClIN+. The van der Waals surface area contributed by atoms with Crippen LogP contribution in [0.3, 0.4) is 0 Å². The molecule has 1 heterocycles. The lowest BCUT2D eigenvalue weighted by Crippen LogP contribution is -3.61. The monoisotopic (exact) mass is 316 g/mol. The molecule has 0 unspecified atom stereocenters. The van der Waals surface area contributed by atoms with Gasteiger partial charge in [0.1, 0.15) is 5.15 Å². The molecule has 0 spiro atoms. The standard InChI is InChI=1S/C11H8ClIN/c12-11-7-6-10(8-14-11)13-9-4-2-1-3-5-9/h1-8H/q+1. The average molecular weight is 317 g/mol. The lowest BCUT2D eigenvalue weighted by Gasteiger charge is -1.86. The Bertz CT molecular complexity index is 399. The normalized spacial score (nSPS) is 10.1. The van der Waals surface area contributed by atoms with Gasteiger partial charge in [-0.15, -0.1) is 0 Å². The van der Waals surface area contributed by atoms with E-state index in [1.165, 1.54) is 7.14 Å². The summed E-state index contributed by atoms with van der Waals surface area (Å²) in [5, 5.41) is 0.561. The molecule has 1 aromatic heterocycles. The molecule has 0 atom stereocenters. The van der Waals surface area contributed by atoms with E-state index in [2.05, 4.69) is 35.3 Å². The number of nitrogens with zero attached hydrogens (tertiary/aromatic N) is 1. The maximum absolute atomic E-state index is 5.72. The zero-order chi connectivity index (χ0) is 9.80. The molecule has 0 saturated heterocycles. The van der Waals surface area contributed by atoms with Gasteiger partial charge in [-0.25, -0.2) is 4.98 Å². The van der Waals surface area contributed by atoms with Crippen LogP contribution in [0.1, 0.15) is 0 Å². The van der Waals surface area contributed by atoms with Crippen molar-refractivity contribution in [2.24, 2.45) is 0 Å². The van der Waals surface area contributed by atoms with Crippen molar-refractivity contribution >= 4 is 11.6 Å². The quantitative estimate of drug-likeness (QED) is 0.555. The van der Waals surface area contributed by atoms with Crippen LogP contribution in [0.4, 0.5) is 0 Å². The van der Waals surface area contributed by atoms with Crippen LogP contribution in [0, 0.1) is 7.14 Å². The molecule has 0 aliphatic carbocycles. The van der Waals surface area contributed by atoms with Crippen LogP contribution >= 0.6 is 11.6 Å². The summed E-state index contributed by atoms with van der Waals surface area (Å²) < 4.78 is 2.69. The second-order valence-corrected chi connectivity index (χ2v) is 6.11. The Labute approximate surface area is 98.4 Å². The molecule has 0 aliphatic heterocycles. The van der Waals surface area contributed by atoms with Crippen molar-refractivity contribution in [3.8, 4) is 0 Å². The largest absolute Gasteiger partial charge is 0.359 e. The van der Waals surface area contributed by atoms with Gasteiger partial charge in [0.15, 0.2) is 3.57 Å².